The highest BCUT2D eigenvalue weighted by Gasteiger charge is 2.79. The minimum atomic E-state index is -1.01. The van der Waals surface area contributed by atoms with E-state index in [9.17, 15) is 5.11 Å². The Balaban J connectivity index is 1.92. The largest absolute Gasteiger partial charge is 0.476 e. The summed E-state index contributed by atoms with van der Waals surface area (Å²) in [7, 11) is 0. The third-order valence-corrected chi connectivity index (χ3v) is 5.03. The Bertz CT molecular complexity index is 759. The summed E-state index contributed by atoms with van der Waals surface area (Å²) in [5.41, 5.74) is -0.162. The van der Waals surface area contributed by atoms with Gasteiger partial charge in [-0.05, 0) is 31.9 Å². The summed E-state index contributed by atoms with van der Waals surface area (Å²) in [6.45, 7) is 6.26. The number of ether oxygens (including phenoxy) is 2. The Labute approximate surface area is 148 Å². The van der Waals surface area contributed by atoms with Crippen LogP contribution in [0.4, 0.5) is 0 Å². The second-order valence-corrected chi connectivity index (χ2v) is 7.44. The lowest BCUT2D eigenvalue weighted by Gasteiger charge is -2.23. The summed E-state index contributed by atoms with van der Waals surface area (Å²) in [6.07, 6.45) is -0.777. The SMILES string of the molecule is C[C@H](O)[C@@]1(C2=NC(C)(C)CO2)OC1(c1ccccc1)c1ccccc1. The predicted octanol–water partition coefficient (Wildman–Crippen LogP) is 3.29. The molecule has 0 bridgehead atoms. The van der Waals surface area contributed by atoms with Crippen molar-refractivity contribution in [2.75, 3.05) is 6.61 Å². The van der Waals surface area contributed by atoms with E-state index in [1.54, 1.807) is 6.92 Å². The Kier molecular flexibility index (Phi) is 3.53. The lowest BCUT2D eigenvalue weighted by Crippen LogP contribution is -2.43. The van der Waals surface area contributed by atoms with E-state index in [1.165, 1.54) is 0 Å². The van der Waals surface area contributed by atoms with E-state index in [0.717, 1.165) is 11.1 Å². The van der Waals surface area contributed by atoms with Crippen LogP contribution in [-0.2, 0) is 15.1 Å². The van der Waals surface area contributed by atoms with Crippen LogP contribution in [0.15, 0.2) is 65.7 Å². The van der Waals surface area contributed by atoms with Crippen LogP contribution in [0.2, 0.25) is 0 Å². The fourth-order valence-corrected chi connectivity index (χ4v) is 3.80. The monoisotopic (exact) mass is 337 g/mol. The number of aliphatic hydroxyl groups is 1. The Morgan fingerprint density at radius 3 is 1.88 bits per heavy atom. The van der Waals surface area contributed by atoms with E-state index < -0.39 is 17.3 Å². The first kappa shape index (κ1) is 16.3. The zero-order valence-corrected chi connectivity index (χ0v) is 14.8. The van der Waals surface area contributed by atoms with E-state index >= 15 is 0 Å². The van der Waals surface area contributed by atoms with Crippen molar-refractivity contribution in [1.82, 2.24) is 0 Å². The van der Waals surface area contributed by atoms with Crippen LogP contribution in [-0.4, -0.2) is 34.9 Å². The molecule has 4 rings (SSSR count). The first-order valence-corrected chi connectivity index (χ1v) is 8.65. The number of rotatable bonds is 4. The van der Waals surface area contributed by atoms with Crippen molar-refractivity contribution in [3.05, 3.63) is 71.8 Å². The van der Waals surface area contributed by atoms with Gasteiger partial charge in [0.25, 0.3) is 0 Å². The third-order valence-electron chi connectivity index (χ3n) is 5.03. The van der Waals surface area contributed by atoms with E-state index in [1.807, 2.05) is 74.5 Å². The molecule has 4 nitrogen and oxygen atoms in total. The number of aliphatic hydroxyl groups excluding tert-OH is 1. The average Bonchev–Trinajstić information content (AvgIpc) is 3.22. The van der Waals surface area contributed by atoms with Gasteiger partial charge >= 0.3 is 0 Å². The van der Waals surface area contributed by atoms with Crippen LogP contribution in [0.25, 0.3) is 0 Å². The quantitative estimate of drug-likeness (QED) is 0.871. The van der Waals surface area contributed by atoms with Crippen molar-refractivity contribution < 1.29 is 14.6 Å². The number of nitrogens with zero attached hydrogens (tertiary/aromatic N) is 1. The van der Waals surface area contributed by atoms with E-state index in [0.29, 0.717) is 12.5 Å². The molecule has 1 saturated heterocycles. The highest BCUT2D eigenvalue weighted by atomic mass is 16.7. The fourth-order valence-electron chi connectivity index (χ4n) is 3.80. The second kappa shape index (κ2) is 5.41. The molecule has 2 aromatic carbocycles. The smallest absolute Gasteiger partial charge is 0.224 e. The maximum absolute atomic E-state index is 10.7. The van der Waals surface area contributed by atoms with Crippen LogP contribution in [0.3, 0.4) is 0 Å². The van der Waals surface area contributed by atoms with Crippen LogP contribution in [0, 0.1) is 0 Å². The molecule has 2 aromatic rings. The Morgan fingerprint density at radius 1 is 0.960 bits per heavy atom. The topological polar surface area (TPSA) is 54.4 Å². The summed E-state index contributed by atoms with van der Waals surface area (Å²) < 4.78 is 12.3. The number of hydrogen-bond acceptors (Lipinski definition) is 4. The number of aliphatic imine (C=N–C) groups is 1. The van der Waals surface area contributed by atoms with Gasteiger partial charge in [0.05, 0.1) is 11.6 Å². The van der Waals surface area contributed by atoms with E-state index in [2.05, 4.69) is 0 Å². The minimum Gasteiger partial charge on any atom is -0.476 e. The van der Waals surface area contributed by atoms with Crippen molar-refractivity contribution in [3.8, 4) is 0 Å². The van der Waals surface area contributed by atoms with Gasteiger partial charge in [-0.15, -0.1) is 0 Å². The summed E-state index contributed by atoms with van der Waals surface area (Å²) in [6, 6.07) is 20.0. The van der Waals surface area contributed by atoms with Gasteiger partial charge in [0.15, 0.2) is 5.60 Å². The lowest BCUT2D eigenvalue weighted by atomic mass is 9.78. The van der Waals surface area contributed by atoms with Crippen LogP contribution in [0.1, 0.15) is 31.9 Å². The standard InChI is InChI=1S/C21H23NO3/c1-15(23)20(18-22-19(2,3)14-24-18)21(25-20,16-10-6-4-7-11-16)17-12-8-5-9-13-17/h4-13,15,23H,14H2,1-3H3/t15-,20-/m0/s1. The lowest BCUT2D eigenvalue weighted by molar-refractivity contribution is 0.110. The van der Waals surface area contributed by atoms with Crippen molar-refractivity contribution in [3.63, 3.8) is 0 Å². The van der Waals surface area contributed by atoms with Crippen molar-refractivity contribution in [2.24, 2.45) is 4.99 Å². The zero-order chi connectivity index (χ0) is 17.7. The molecule has 0 radical (unpaired) electrons. The van der Waals surface area contributed by atoms with E-state index in [4.69, 9.17) is 14.5 Å². The summed E-state index contributed by atoms with van der Waals surface area (Å²) in [5.74, 6) is 0.486. The van der Waals surface area contributed by atoms with Gasteiger partial charge in [0.2, 0.25) is 11.5 Å². The molecule has 2 heterocycles. The molecule has 4 heteroatoms. The number of epoxide rings is 1. The molecule has 0 aliphatic carbocycles. The third kappa shape index (κ3) is 2.25. The molecule has 2 aliphatic rings. The number of benzene rings is 2. The molecule has 130 valence electrons. The van der Waals surface area contributed by atoms with Crippen molar-refractivity contribution in [2.45, 2.75) is 43.6 Å². The van der Waals surface area contributed by atoms with Crippen molar-refractivity contribution >= 4 is 5.90 Å². The molecular formula is C21H23NO3. The zero-order valence-electron chi connectivity index (χ0n) is 14.8. The molecule has 2 atom stereocenters. The molecule has 25 heavy (non-hydrogen) atoms. The molecule has 2 aliphatic heterocycles. The molecule has 0 unspecified atom stereocenters. The first-order chi connectivity index (χ1) is 11.9. The maximum Gasteiger partial charge on any atom is 0.224 e. The fraction of sp³-hybridized carbons (Fsp3) is 0.381. The highest BCUT2D eigenvalue weighted by molar-refractivity contribution is 5.94. The average molecular weight is 337 g/mol. The van der Waals surface area contributed by atoms with Crippen LogP contribution < -0.4 is 0 Å². The van der Waals surface area contributed by atoms with Gasteiger partial charge in [-0.25, -0.2) is 4.99 Å². The molecule has 0 amide bonds. The second-order valence-electron chi connectivity index (χ2n) is 7.44. The molecule has 0 spiro atoms. The van der Waals surface area contributed by atoms with Gasteiger partial charge in [-0.2, -0.15) is 0 Å². The van der Waals surface area contributed by atoms with Crippen molar-refractivity contribution in [1.29, 1.82) is 0 Å². The summed E-state index contributed by atoms with van der Waals surface area (Å²) >= 11 is 0. The molecule has 1 N–H and O–H groups in total. The maximum atomic E-state index is 10.7. The molecular weight excluding hydrogens is 314 g/mol. The number of hydrogen-bond donors (Lipinski definition) is 1. The van der Waals surface area contributed by atoms with Gasteiger partial charge in [0.1, 0.15) is 6.61 Å². The highest BCUT2D eigenvalue weighted by Crippen LogP contribution is 2.63. The van der Waals surface area contributed by atoms with Crippen LogP contribution in [0.5, 0.6) is 0 Å². The van der Waals surface area contributed by atoms with Crippen LogP contribution >= 0.6 is 0 Å². The summed E-state index contributed by atoms with van der Waals surface area (Å²) in [4.78, 5) is 4.73. The van der Waals surface area contributed by atoms with E-state index in [-0.39, 0.29) is 5.54 Å². The van der Waals surface area contributed by atoms with Gasteiger partial charge in [-0.1, -0.05) is 60.7 Å². The normalized spacial score (nSPS) is 27.3. The predicted molar refractivity (Wildman–Crippen MR) is 96.6 cm³/mol. The molecule has 1 fully saturated rings. The Morgan fingerprint density at radius 2 is 1.48 bits per heavy atom. The van der Waals surface area contributed by atoms with Gasteiger partial charge < -0.3 is 14.6 Å². The van der Waals surface area contributed by atoms with Gasteiger partial charge in [-0.3, -0.25) is 0 Å². The first-order valence-electron chi connectivity index (χ1n) is 8.65. The summed E-state index contributed by atoms with van der Waals surface area (Å²) in [5, 5.41) is 10.7. The van der Waals surface area contributed by atoms with Gasteiger partial charge in [0, 0.05) is 0 Å². The molecule has 0 aromatic heterocycles. The Hall–Kier alpha value is -2.17. The minimum absolute atomic E-state index is 0.317. The molecule has 0 saturated carbocycles.